The van der Waals surface area contributed by atoms with Crippen LogP contribution >= 0.6 is 0 Å². The van der Waals surface area contributed by atoms with Crippen LogP contribution in [0.3, 0.4) is 0 Å². The Balaban J connectivity index is 1.69. The minimum atomic E-state index is -0.909. The summed E-state index contributed by atoms with van der Waals surface area (Å²) >= 11 is 0. The van der Waals surface area contributed by atoms with E-state index in [0.29, 0.717) is 6.42 Å². The number of methoxy groups -OCH3 is 1. The molecule has 1 N–H and O–H groups in total. The molecule has 49 heavy (non-hydrogen) atoms. The lowest BCUT2D eigenvalue weighted by Crippen LogP contribution is -2.50. The highest BCUT2D eigenvalue weighted by atomic mass is 16.6. The lowest BCUT2D eigenvalue weighted by molar-refractivity contribution is -0.153. The molecule has 11 atom stereocenters. The zero-order chi connectivity index (χ0) is 36.5. The first-order chi connectivity index (χ1) is 22.8. The molecule has 0 spiro atoms. The molecule has 2 aliphatic carbocycles. The highest BCUT2D eigenvalue weighted by Crippen LogP contribution is 2.53. The van der Waals surface area contributed by atoms with Gasteiger partial charge in [0.2, 0.25) is 0 Å². The molecule has 2 heterocycles. The van der Waals surface area contributed by atoms with Crippen molar-refractivity contribution in [2.24, 2.45) is 35.0 Å². The van der Waals surface area contributed by atoms with Crippen LogP contribution in [0.15, 0.2) is 71.9 Å². The number of rotatable bonds is 3. The number of hydrogen-bond donors (Lipinski definition) is 1. The maximum absolute atomic E-state index is 13.3. The number of aliphatic hydroxyl groups excluding tert-OH is 1. The van der Waals surface area contributed by atoms with Gasteiger partial charge in [0.05, 0.1) is 24.4 Å². The third-order valence-corrected chi connectivity index (χ3v) is 11.0. The Bertz CT molecular complexity index is 1400. The maximum atomic E-state index is 13.3. The molecule has 4 aliphatic rings. The molecule has 0 aromatic heterocycles. The molecule has 0 unspecified atom stereocenters. The van der Waals surface area contributed by atoms with Gasteiger partial charge in [0.25, 0.3) is 0 Å². The normalized spacial score (nSPS) is 41.5. The molecule has 8 nitrogen and oxygen atoms in total. The Labute approximate surface area is 295 Å². The van der Waals surface area contributed by atoms with Crippen molar-refractivity contribution in [3.05, 3.63) is 71.9 Å². The fourth-order valence-corrected chi connectivity index (χ4v) is 8.35. The summed E-state index contributed by atoms with van der Waals surface area (Å²) < 4.78 is 24.3. The van der Waals surface area contributed by atoms with E-state index in [0.717, 1.165) is 17.6 Å². The molecule has 0 bridgehead atoms. The van der Waals surface area contributed by atoms with Gasteiger partial charge in [0.15, 0.2) is 0 Å². The minimum absolute atomic E-state index is 0.0117. The van der Waals surface area contributed by atoms with Gasteiger partial charge in [-0.3, -0.25) is 4.90 Å². The summed E-state index contributed by atoms with van der Waals surface area (Å²) in [6, 6.07) is -0.319. The van der Waals surface area contributed by atoms with Gasteiger partial charge in [-0.2, -0.15) is 0 Å². The van der Waals surface area contributed by atoms with Crippen LogP contribution < -0.4 is 0 Å². The van der Waals surface area contributed by atoms with E-state index in [4.69, 9.17) is 18.9 Å². The number of allylic oxidation sites excluding steroid dienone is 9. The molecule has 2 fully saturated rings. The highest BCUT2D eigenvalue weighted by Gasteiger charge is 2.53. The molecule has 1 saturated heterocycles. The van der Waals surface area contributed by atoms with Gasteiger partial charge in [0.1, 0.15) is 17.4 Å². The molecule has 8 heteroatoms. The molecule has 0 radical (unpaired) electrons. The number of aliphatic hydroxyl groups is 1. The first kappa shape index (κ1) is 38.9. The van der Waals surface area contributed by atoms with Crippen LogP contribution in [0.1, 0.15) is 89.0 Å². The molecular weight excluding hydrogens is 618 g/mol. The van der Waals surface area contributed by atoms with Gasteiger partial charge in [-0.15, -0.1) is 0 Å². The molecule has 4 rings (SSSR count). The zero-order valence-electron chi connectivity index (χ0n) is 31.8. The monoisotopic (exact) mass is 679 g/mol. The van der Waals surface area contributed by atoms with Crippen LogP contribution in [0.4, 0.5) is 4.79 Å². The summed E-state index contributed by atoms with van der Waals surface area (Å²) in [5, 5.41) is 11.1. The van der Waals surface area contributed by atoms with Gasteiger partial charge < -0.3 is 24.1 Å². The number of ether oxygens (including phenoxy) is 4. The Hall–Kier alpha value is -2.94. The number of nitrogens with zero attached hydrogens (tertiary/aromatic N) is 1. The quantitative estimate of drug-likeness (QED) is 0.238. The van der Waals surface area contributed by atoms with Gasteiger partial charge in [-0.05, 0) is 73.1 Å². The Morgan fingerprint density at radius 2 is 1.71 bits per heavy atom. The lowest BCUT2D eigenvalue weighted by atomic mass is 9.55. The van der Waals surface area contributed by atoms with Crippen molar-refractivity contribution in [3.8, 4) is 0 Å². The first-order valence-electron chi connectivity index (χ1n) is 18.0. The summed E-state index contributed by atoms with van der Waals surface area (Å²) in [6.45, 7) is 21.7. The number of carbonyl (C=O) groups excluding carboxylic acids is 2. The van der Waals surface area contributed by atoms with Gasteiger partial charge in [-0.1, -0.05) is 86.6 Å². The third-order valence-electron chi connectivity index (χ3n) is 11.0. The van der Waals surface area contributed by atoms with E-state index < -0.39 is 41.7 Å². The van der Waals surface area contributed by atoms with Crippen molar-refractivity contribution in [2.75, 3.05) is 7.11 Å². The Kier molecular flexibility index (Phi) is 12.0. The number of carbonyl (C=O) groups is 2. The van der Waals surface area contributed by atoms with Crippen LogP contribution in [0.2, 0.25) is 0 Å². The average Bonchev–Trinajstić information content (AvgIpc) is 3.25. The van der Waals surface area contributed by atoms with Gasteiger partial charge in [0, 0.05) is 43.3 Å². The van der Waals surface area contributed by atoms with Crippen LogP contribution in [-0.4, -0.2) is 71.0 Å². The van der Waals surface area contributed by atoms with Crippen molar-refractivity contribution in [1.82, 2.24) is 4.90 Å². The average molecular weight is 680 g/mol. The molecule has 1 amide bonds. The summed E-state index contributed by atoms with van der Waals surface area (Å²) in [5.41, 5.74) is 0.268. The number of cyclic esters (lactones) is 1. The smallest absolute Gasteiger partial charge is 0.412 e. The summed E-state index contributed by atoms with van der Waals surface area (Å²) in [6.07, 6.45) is 20.2. The Morgan fingerprint density at radius 1 is 1.02 bits per heavy atom. The molecule has 0 aromatic carbocycles. The van der Waals surface area contributed by atoms with E-state index in [-0.39, 0.29) is 47.2 Å². The largest absolute Gasteiger partial charge is 0.458 e. The van der Waals surface area contributed by atoms with E-state index in [1.165, 1.54) is 6.08 Å². The maximum Gasteiger partial charge on any atom is 0.412 e. The van der Waals surface area contributed by atoms with E-state index >= 15 is 0 Å². The first-order valence-corrected chi connectivity index (χ1v) is 18.0. The summed E-state index contributed by atoms with van der Waals surface area (Å²) in [7, 11) is 1.73. The van der Waals surface area contributed by atoms with Crippen molar-refractivity contribution < 1.29 is 33.6 Å². The summed E-state index contributed by atoms with van der Waals surface area (Å²) in [4.78, 5) is 28.2. The van der Waals surface area contributed by atoms with E-state index in [2.05, 4.69) is 63.3 Å². The number of hydrogen-bond acceptors (Lipinski definition) is 7. The van der Waals surface area contributed by atoms with Crippen LogP contribution in [0.5, 0.6) is 0 Å². The predicted octanol–water partition coefficient (Wildman–Crippen LogP) is 8.10. The SMILES string of the molecule is CO[C@H]1C[C@@H]2[C@@H](C=C[C@@H]3/C=C(C)/C=C/[C@@H](C)[C@H]([C@H](C)[C@@H]4OC(C)(C)N(C(=O)OC(C)(C)C)[C@@H]4C)OC(=O)/C=C/C=C(C)\C=C\[C@@]32C)[C@@H](O)C1. The van der Waals surface area contributed by atoms with Crippen LogP contribution in [0.25, 0.3) is 0 Å². The standard InChI is InChI=1S/C41H61NO7/c1-25-14-13-15-35(44)47-36(28(4)37-29(5)42(40(9,10)48-37)38(45)49-39(6,7)8)27(3)17-16-26(2)22-30-18-19-32-33(41(30,11)21-20-25)23-31(46-12)24-34(32)43/h13-22,27-34,36-37,43H,23-24H2,1-12H3/b15-13+,17-16+,21-20+,25-14-,26-22+/t27-,28+,29-,30-,31+,32-,33-,34+,36-,37+,41+/m1/s1. The molecule has 2 aliphatic heterocycles. The number of esters is 1. The zero-order valence-corrected chi connectivity index (χ0v) is 31.8. The number of fused-ring (bicyclic) bond motifs is 3. The minimum Gasteiger partial charge on any atom is -0.458 e. The van der Waals surface area contributed by atoms with Crippen molar-refractivity contribution in [1.29, 1.82) is 0 Å². The van der Waals surface area contributed by atoms with E-state index in [1.54, 1.807) is 18.1 Å². The fourth-order valence-electron chi connectivity index (χ4n) is 8.35. The van der Waals surface area contributed by atoms with Crippen molar-refractivity contribution >= 4 is 12.1 Å². The highest BCUT2D eigenvalue weighted by molar-refractivity contribution is 5.82. The van der Waals surface area contributed by atoms with E-state index in [1.807, 2.05) is 61.5 Å². The van der Waals surface area contributed by atoms with Crippen molar-refractivity contribution in [3.63, 3.8) is 0 Å². The molecule has 272 valence electrons. The van der Waals surface area contributed by atoms with Crippen LogP contribution in [0, 0.1) is 35.0 Å². The van der Waals surface area contributed by atoms with E-state index in [9.17, 15) is 14.7 Å². The van der Waals surface area contributed by atoms with Crippen molar-refractivity contribution in [2.45, 2.75) is 131 Å². The molecular formula is C41H61NO7. The third kappa shape index (κ3) is 8.87. The van der Waals surface area contributed by atoms with Crippen LogP contribution in [-0.2, 0) is 23.7 Å². The second-order valence-electron chi connectivity index (χ2n) is 16.5. The predicted molar refractivity (Wildman–Crippen MR) is 193 cm³/mol. The second kappa shape index (κ2) is 15.1. The number of amides is 1. The lowest BCUT2D eigenvalue weighted by Gasteiger charge is -2.51. The second-order valence-corrected chi connectivity index (χ2v) is 16.5. The molecule has 1 saturated carbocycles. The van der Waals surface area contributed by atoms with Gasteiger partial charge in [-0.25, -0.2) is 9.59 Å². The fraction of sp³-hybridized carbons (Fsp3) is 0.659. The molecule has 0 aromatic rings. The topological polar surface area (TPSA) is 94.5 Å². The summed E-state index contributed by atoms with van der Waals surface area (Å²) in [5.74, 6) is -0.499. The Morgan fingerprint density at radius 3 is 2.37 bits per heavy atom. The van der Waals surface area contributed by atoms with Gasteiger partial charge >= 0.3 is 12.1 Å².